The summed E-state index contributed by atoms with van der Waals surface area (Å²) >= 11 is 0. The monoisotopic (exact) mass is 491 g/mol. The minimum Gasteiger partial charge on any atom is -0.491 e. The van der Waals surface area contributed by atoms with Gasteiger partial charge in [-0.1, -0.05) is 12.1 Å². The smallest absolute Gasteiger partial charge is 0.235 e. The maximum atomic E-state index is 12.3. The average Bonchev–Trinajstić information content (AvgIpc) is 3.48. The fraction of sp³-hybridized carbons (Fsp3) is 0.444. The van der Waals surface area contributed by atoms with Gasteiger partial charge in [-0.05, 0) is 74.8 Å². The van der Waals surface area contributed by atoms with Crippen LogP contribution >= 0.6 is 0 Å². The first-order valence-electron chi connectivity index (χ1n) is 12.5. The Balaban J connectivity index is 1.37. The molecule has 0 bridgehead atoms. The lowest BCUT2D eigenvalue weighted by Crippen LogP contribution is -2.18. The summed E-state index contributed by atoms with van der Waals surface area (Å²) in [5.74, 6) is 0.784. The van der Waals surface area contributed by atoms with E-state index in [1.807, 2.05) is 30.3 Å². The lowest BCUT2D eigenvalue weighted by molar-refractivity contribution is 0.0680. The summed E-state index contributed by atoms with van der Waals surface area (Å²) in [6.07, 6.45) is 7.00. The molecule has 3 fully saturated rings. The van der Waals surface area contributed by atoms with E-state index in [1.165, 1.54) is 6.42 Å². The van der Waals surface area contributed by atoms with E-state index in [2.05, 4.69) is 15.4 Å². The van der Waals surface area contributed by atoms with Crippen LogP contribution in [0.5, 0.6) is 5.75 Å². The molecule has 3 aromatic rings. The van der Waals surface area contributed by atoms with Crippen LogP contribution in [0.3, 0.4) is 0 Å². The van der Waals surface area contributed by atoms with Crippen LogP contribution in [0.25, 0.3) is 22.2 Å². The normalized spacial score (nSPS) is 20.5. The van der Waals surface area contributed by atoms with Gasteiger partial charge in [0, 0.05) is 29.8 Å². The molecule has 1 N–H and O–H groups in total. The SMILES string of the molecule is N#Cc1c(-c2ccc(NS(=O)(=O)C3CC3)cc2)n(C2CCC2)c2cc(OCC3CCCO3)ccc12. The molecule has 1 saturated heterocycles. The molecule has 1 unspecified atom stereocenters. The molecule has 7 nitrogen and oxygen atoms in total. The molecular formula is C27H29N3O4S. The third kappa shape index (κ3) is 4.28. The first kappa shape index (κ1) is 22.4. The van der Waals surface area contributed by atoms with Crippen LogP contribution in [0.1, 0.15) is 56.6 Å². The summed E-state index contributed by atoms with van der Waals surface area (Å²) in [5, 5.41) is 10.8. The Morgan fingerprint density at radius 3 is 2.49 bits per heavy atom. The van der Waals surface area contributed by atoms with Crippen molar-refractivity contribution in [3.8, 4) is 23.1 Å². The van der Waals surface area contributed by atoms with E-state index in [0.29, 0.717) is 23.9 Å². The Bertz CT molecular complexity index is 1390. The van der Waals surface area contributed by atoms with Crippen molar-refractivity contribution < 1.29 is 17.9 Å². The quantitative estimate of drug-likeness (QED) is 0.457. The van der Waals surface area contributed by atoms with E-state index in [1.54, 1.807) is 12.1 Å². The molecule has 2 saturated carbocycles. The zero-order valence-electron chi connectivity index (χ0n) is 19.6. The van der Waals surface area contributed by atoms with E-state index in [4.69, 9.17) is 9.47 Å². The Labute approximate surface area is 205 Å². The van der Waals surface area contributed by atoms with E-state index >= 15 is 0 Å². The molecule has 8 heteroatoms. The second-order valence-electron chi connectivity index (χ2n) is 9.84. The topological polar surface area (TPSA) is 93.4 Å². The van der Waals surface area contributed by atoms with Crippen LogP contribution in [0.2, 0.25) is 0 Å². The third-order valence-electron chi connectivity index (χ3n) is 7.37. The summed E-state index contributed by atoms with van der Waals surface area (Å²) < 4.78 is 41.4. The van der Waals surface area contributed by atoms with Crippen molar-refractivity contribution in [2.45, 2.75) is 62.3 Å². The van der Waals surface area contributed by atoms with Crippen molar-refractivity contribution in [1.29, 1.82) is 5.26 Å². The zero-order valence-corrected chi connectivity index (χ0v) is 20.4. The number of nitriles is 1. The van der Waals surface area contributed by atoms with Gasteiger partial charge in [-0.25, -0.2) is 8.42 Å². The van der Waals surface area contributed by atoms with Crippen molar-refractivity contribution in [1.82, 2.24) is 4.57 Å². The molecule has 2 aromatic carbocycles. The van der Waals surface area contributed by atoms with Gasteiger partial charge in [0.2, 0.25) is 10.0 Å². The molecule has 6 rings (SSSR count). The Hall–Kier alpha value is -3.02. The summed E-state index contributed by atoms with van der Waals surface area (Å²) in [7, 11) is -3.31. The molecule has 1 atom stereocenters. The molecule has 0 spiro atoms. The molecule has 0 radical (unpaired) electrons. The highest BCUT2D eigenvalue weighted by molar-refractivity contribution is 7.93. The van der Waals surface area contributed by atoms with Gasteiger partial charge >= 0.3 is 0 Å². The maximum absolute atomic E-state index is 12.3. The number of sulfonamides is 1. The van der Waals surface area contributed by atoms with Gasteiger partial charge in [0.25, 0.3) is 0 Å². The van der Waals surface area contributed by atoms with Gasteiger partial charge in [0.05, 0.1) is 28.1 Å². The van der Waals surface area contributed by atoms with Gasteiger partial charge in [0.1, 0.15) is 18.4 Å². The summed E-state index contributed by atoms with van der Waals surface area (Å²) in [5.41, 5.74) is 3.99. The van der Waals surface area contributed by atoms with Crippen molar-refractivity contribution >= 4 is 26.6 Å². The maximum Gasteiger partial charge on any atom is 0.235 e. The highest BCUT2D eigenvalue weighted by atomic mass is 32.2. The highest BCUT2D eigenvalue weighted by Crippen LogP contribution is 2.43. The number of rotatable bonds is 8. The van der Waals surface area contributed by atoms with Crippen LogP contribution < -0.4 is 9.46 Å². The Morgan fingerprint density at radius 2 is 1.86 bits per heavy atom. The number of hydrogen-bond donors (Lipinski definition) is 1. The predicted octanol–water partition coefficient (Wildman–Crippen LogP) is 5.37. The summed E-state index contributed by atoms with van der Waals surface area (Å²) in [6.45, 7) is 1.33. The molecule has 3 aliphatic rings. The van der Waals surface area contributed by atoms with Crippen LogP contribution in [0, 0.1) is 11.3 Å². The molecular weight excluding hydrogens is 462 g/mol. The second-order valence-corrected chi connectivity index (χ2v) is 11.8. The lowest BCUT2D eigenvalue weighted by Gasteiger charge is -2.30. The number of ether oxygens (including phenoxy) is 2. The standard InChI is InChI=1S/C27H29N3O4S/c28-16-25-24-13-10-21(34-17-22-5-2-14-33-22)15-26(24)30(20-3-1-4-20)27(25)18-6-8-19(9-7-18)29-35(31,32)23-11-12-23/h6-10,13,15,20,22-23,29H,1-5,11-12,14,17H2. The molecule has 2 heterocycles. The molecule has 0 amide bonds. The lowest BCUT2D eigenvalue weighted by atomic mass is 9.92. The zero-order chi connectivity index (χ0) is 24.0. The fourth-order valence-corrected chi connectivity index (χ4v) is 6.48. The summed E-state index contributed by atoms with van der Waals surface area (Å²) in [4.78, 5) is 0. The Kier molecular flexibility index (Phi) is 5.70. The third-order valence-corrected chi connectivity index (χ3v) is 9.24. The fourth-order valence-electron chi connectivity index (χ4n) is 5.09. The summed E-state index contributed by atoms with van der Waals surface area (Å²) in [6, 6.07) is 16.1. The molecule has 182 valence electrons. The number of nitrogens with zero attached hydrogens (tertiary/aromatic N) is 2. The van der Waals surface area contributed by atoms with Crippen LogP contribution in [0.4, 0.5) is 5.69 Å². The van der Waals surface area contributed by atoms with Crippen molar-refractivity contribution in [3.05, 3.63) is 48.0 Å². The van der Waals surface area contributed by atoms with E-state index < -0.39 is 10.0 Å². The molecule has 2 aliphatic carbocycles. The van der Waals surface area contributed by atoms with Gasteiger partial charge in [-0.2, -0.15) is 5.26 Å². The number of anilines is 1. The first-order chi connectivity index (χ1) is 17.0. The van der Waals surface area contributed by atoms with Gasteiger partial charge in [-0.3, -0.25) is 4.72 Å². The largest absolute Gasteiger partial charge is 0.491 e. The number of hydrogen-bond acceptors (Lipinski definition) is 5. The second kappa shape index (κ2) is 8.89. The molecule has 1 aliphatic heterocycles. The van der Waals surface area contributed by atoms with Crippen LogP contribution in [-0.2, 0) is 14.8 Å². The van der Waals surface area contributed by atoms with Crippen molar-refractivity contribution in [3.63, 3.8) is 0 Å². The number of nitrogens with one attached hydrogen (secondary N) is 1. The Morgan fingerprint density at radius 1 is 1.06 bits per heavy atom. The van der Waals surface area contributed by atoms with E-state index in [9.17, 15) is 13.7 Å². The number of fused-ring (bicyclic) bond motifs is 1. The van der Waals surface area contributed by atoms with E-state index in [-0.39, 0.29) is 11.4 Å². The average molecular weight is 492 g/mol. The number of aromatic nitrogens is 1. The number of benzene rings is 2. The van der Waals surface area contributed by atoms with Crippen LogP contribution in [0.15, 0.2) is 42.5 Å². The minimum absolute atomic E-state index is 0.144. The van der Waals surface area contributed by atoms with Gasteiger partial charge < -0.3 is 14.0 Å². The first-order valence-corrected chi connectivity index (χ1v) is 14.0. The predicted molar refractivity (Wildman–Crippen MR) is 135 cm³/mol. The highest BCUT2D eigenvalue weighted by Gasteiger charge is 2.35. The van der Waals surface area contributed by atoms with E-state index in [0.717, 1.165) is 73.0 Å². The van der Waals surface area contributed by atoms with Crippen LogP contribution in [-0.4, -0.2) is 37.6 Å². The van der Waals surface area contributed by atoms with Crippen molar-refractivity contribution in [2.75, 3.05) is 17.9 Å². The van der Waals surface area contributed by atoms with Gasteiger partial charge in [-0.15, -0.1) is 0 Å². The molecule has 1 aromatic heterocycles. The minimum atomic E-state index is -3.31. The molecule has 35 heavy (non-hydrogen) atoms. The van der Waals surface area contributed by atoms with Gasteiger partial charge in [0.15, 0.2) is 0 Å². The van der Waals surface area contributed by atoms with Crippen molar-refractivity contribution in [2.24, 2.45) is 0 Å².